The molecule has 1 aromatic rings. The van der Waals surface area contributed by atoms with Gasteiger partial charge in [0.05, 0.1) is 0 Å². The second kappa shape index (κ2) is 8.59. The number of ether oxygens (including phenoxy) is 1. The van der Waals surface area contributed by atoms with Crippen LogP contribution in [0.15, 0.2) is 24.3 Å². The minimum atomic E-state index is -0.0642. The van der Waals surface area contributed by atoms with Gasteiger partial charge in [0.1, 0.15) is 0 Å². The highest BCUT2D eigenvalue weighted by Crippen LogP contribution is 2.58. The number of carbonyl (C=O) groups is 2. The highest BCUT2D eigenvalue weighted by molar-refractivity contribution is 5.97. The molecule has 0 bridgehead atoms. The molecule has 1 atom stereocenters. The van der Waals surface area contributed by atoms with Gasteiger partial charge in [-0.1, -0.05) is 0 Å². The van der Waals surface area contributed by atoms with E-state index in [-0.39, 0.29) is 41.6 Å². The third kappa shape index (κ3) is 4.62. The van der Waals surface area contributed by atoms with E-state index in [1.807, 2.05) is 12.1 Å². The van der Waals surface area contributed by atoms with Crippen LogP contribution < -0.4 is 16.0 Å². The van der Waals surface area contributed by atoms with Gasteiger partial charge >= 0.3 is 0 Å². The molecule has 2 aliphatic heterocycles. The summed E-state index contributed by atoms with van der Waals surface area (Å²) < 4.78 is 5.31. The fourth-order valence-corrected chi connectivity index (χ4v) is 4.24. The number of halogens is 1. The molecule has 0 radical (unpaired) electrons. The highest BCUT2D eigenvalue weighted by Gasteiger charge is 2.57. The molecule has 3 fully saturated rings. The SMILES string of the molecule is Cl.O=C(NC1CCOCC1)c1ccc(NC(=O)C2CC23CCNCC3)cc1. The van der Waals surface area contributed by atoms with Crippen LogP contribution in [0.1, 0.15) is 42.5 Å². The summed E-state index contributed by atoms with van der Waals surface area (Å²) in [6.45, 7) is 3.44. The summed E-state index contributed by atoms with van der Waals surface area (Å²) in [5.41, 5.74) is 1.61. The van der Waals surface area contributed by atoms with E-state index >= 15 is 0 Å². The molecule has 1 spiro atoms. The van der Waals surface area contributed by atoms with Gasteiger partial charge in [-0.3, -0.25) is 9.59 Å². The van der Waals surface area contributed by atoms with E-state index in [2.05, 4.69) is 16.0 Å². The molecule has 2 heterocycles. The Kier molecular flexibility index (Phi) is 6.40. The molecule has 2 amide bonds. The summed E-state index contributed by atoms with van der Waals surface area (Å²) in [6, 6.07) is 7.36. The zero-order valence-electron chi connectivity index (χ0n) is 15.5. The van der Waals surface area contributed by atoms with E-state index in [1.165, 1.54) is 0 Å². The molecule has 3 aliphatic rings. The van der Waals surface area contributed by atoms with Crippen LogP contribution in [0, 0.1) is 11.3 Å². The molecule has 6 nitrogen and oxygen atoms in total. The van der Waals surface area contributed by atoms with Crippen LogP contribution in [0.2, 0.25) is 0 Å². The first-order valence-corrected chi connectivity index (χ1v) is 9.67. The van der Waals surface area contributed by atoms with Crippen molar-refractivity contribution in [2.45, 2.75) is 38.1 Å². The largest absolute Gasteiger partial charge is 0.381 e. The van der Waals surface area contributed by atoms with Gasteiger partial charge in [0.25, 0.3) is 5.91 Å². The predicted octanol–water partition coefficient (Wildman–Crippen LogP) is 2.35. The fraction of sp³-hybridized carbons (Fsp3) is 0.600. The van der Waals surface area contributed by atoms with Crippen LogP contribution in [0.3, 0.4) is 0 Å². The normalized spacial score (nSPS) is 23.9. The first kappa shape index (κ1) is 20.1. The summed E-state index contributed by atoms with van der Waals surface area (Å²) in [6.07, 6.45) is 4.91. The number of anilines is 1. The van der Waals surface area contributed by atoms with Crippen LogP contribution in [0.4, 0.5) is 5.69 Å². The molecule has 4 rings (SSSR count). The number of carbonyl (C=O) groups excluding carboxylic acids is 2. The number of piperidine rings is 1. The van der Waals surface area contributed by atoms with Crippen molar-refractivity contribution in [1.82, 2.24) is 10.6 Å². The topological polar surface area (TPSA) is 79.5 Å². The van der Waals surface area contributed by atoms with Crippen molar-refractivity contribution in [3.8, 4) is 0 Å². The molecule has 3 N–H and O–H groups in total. The van der Waals surface area contributed by atoms with Crippen LogP contribution in [0.25, 0.3) is 0 Å². The van der Waals surface area contributed by atoms with Gasteiger partial charge in [-0.2, -0.15) is 0 Å². The Morgan fingerprint density at radius 3 is 2.41 bits per heavy atom. The number of amides is 2. The number of hydrogen-bond donors (Lipinski definition) is 3. The molecule has 7 heteroatoms. The summed E-state index contributed by atoms with van der Waals surface area (Å²) in [5, 5.41) is 9.42. The average molecular weight is 394 g/mol. The van der Waals surface area contributed by atoms with Crippen molar-refractivity contribution in [1.29, 1.82) is 0 Å². The van der Waals surface area contributed by atoms with E-state index in [9.17, 15) is 9.59 Å². The minimum absolute atomic E-state index is 0. The van der Waals surface area contributed by atoms with Crippen molar-refractivity contribution in [2.75, 3.05) is 31.6 Å². The molecule has 1 saturated carbocycles. The molecular formula is C20H28ClN3O3. The lowest BCUT2D eigenvalue weighted by atomic mass is 9.92. The van der Waals surface area contributed by atoms with Crippen LogP contribution >= 0.6 is 12.4 Å². The average Bonchev–Trinajstić information content (AvgIpc) is 3.36. The Bertz CT molecular complexity index is 668. The second-order valence-electron chi connectivity index (χ2n) is 7.80. The van der Waals surface area contributed by atoms with Crippen molar-refractivity contribution < 1.29 is 14.3 Å². The van der Waals surface area contributed by atoms with Crippen molar-refractivity contribution in [3.63, 3.8) is 0 Å². The van der Waals surface area contributed by atoms with Crippen LogP contribution in [0.5, 0.6) is 0 Å². The molecule has 1 unspecified atom stereocenters. The lowest BCUT2D eigenvalue weighted by Gasteiger charge is -2.23. The lowest BCUT2D eigenvalue weighted by Crippen LogP contribution is -2.38. The molecule has 148 valence electrons. The Labute approximate surface area is 166 Å². The Morgan fingerprint density at radius 1 is 1.07 bits per heavy atom. The fourth-order valence-electron chi connectivity index (χ4n) is 4.24. The molecule has 2 saturated heterocycles. The summed E-state index contributed by atoms with van der Waals surface area (Å²) in [7, 11) is 0. The first-order chi connectivity index (χ1) is 12.7. The van der Waals surface area contributed by atoms with E-state index in [4.69, 9.17) is 4.74 Å². The Hall–Kier alpha value is -1.63. The van der Waals surface area contributed by atoms with Crippen LogP contribution in [-0.2, 0) is 9.53 Å². The van der Waals surface area contributed by atoms with Gasteiger partial charge < -0.3 is 20.7 Å². The maximum Gasteiger partial charge on any atom is 0.251 e. The Morgan fingerprint density at radius 2 is 1.74 bits per heavy atom. The summed E-state index contributed by atoms with van der Waals surface area (Å²) >= 11 is 0. The molecular weight excluding hydrogens is 366 g/mol. The summed E-state index contributed by atoms with van der Waals surface area (Å²) in [4.78, 5) is 24.8. The van der Waals surface area contributed by atoms with Gasteiger partial charge in [0.15, 0.2) is 0 Å². The third-order valence-electron chi connectivity index (χ3n) is 6.08. The monoisotopic (exact) mass is 393 g/mol. The number of nitrogens with one attached hydrogen (secondary N) is 3. The third-order valence-corrected chi connectivity index (χ3v) is 6.08. The zero-order valence-corrected chi connectivity index (χ0v) is 16.3. The second-order valence-corrected chi connectivity index (χ2v) is 7.80. The zero-order chi connectivity index (χ0) is 18.0. The van der Waals surface area contributed by atoms with Crippen molar-refractivity contribution in [2.24, 2.45) is 11.3 Å². The maximum absolute atomic E-state index is 12.5. The molecule has 27 heavy (non-hydrogen) atoms. The molecule has 1 aliphatic carbocycles. The smallest absolute Gasteiger partial charge is 0.251 e. The van der Waals surface area contributed by atoms with Crippen molar-refractivity contribution >= 4 is 29.9 Å². The number of hydrogen-bond acceptors (Lipinski definition) is 4. The first-order valence-electron chi connectivity index (χ1n) is 9.67. The minimum Gasteiger partial charge on any atom is -0.381 e. The van der Waals surface area contributed by atoms with E-state index < -0.39 is 0 Å². The van der Waals surface area contributed by atoms with E-state index in [0.717, 1.165) is 50.9 Å². The van der Waals surface area contributed by atoms with Crippen molar-refractivity contribution in [3.05, 3.63) is 29.8 Å². The van der Waals surface area contributed by atoms with E-state index in [0.29, 0.717) is 18.8 Å². The summed E-state index contributed by atoms with van der Waals surface area (Å²) in [5.74, 6) is 0.193. The quantitative estimate of drug-likeness (QED) is 0.733. The number of benzene rings is 1. The van der Waals surface area contributed by atoms with E-state index in [1.54, 1.807) is 12.1 Å². The van der Waals surface area contributed by atoms with Crippen LogP contribution in [-0.4, -0.2) is 44.2 Å². The lowest BCUT2D eigenvalue weighted by molar-refractivity contribution is -0.118. The van der Waals surface area contributed by atoms with Gasteiger partial charge in [0.2, 0.25) is 5.91 Å². The maximum atomic E-state index is 12.5. The molecule has 0 aromatic heterocycles. The highest BCUT2D eigenvalue weighted by atomic mass is 35.5. The van der Waals surface area contributed by atoms with Gasteiger partial charge in [-0.05, 0) is 74.9 Å². The standard InChI is InChI=1S/C20H27N3O3.ClH/c24-18(22-16-5-11-26-12-6-16)14-1-3-15(4-2-14)23-19(25)17-13-20(17)7-9-21-10-8-20;/h1-4,16-17,21H,5-13H2,(H,22,24)(H,23,25);1H. The predicted molar refractivity (Wildman–Crippen MR) is 106 cm³/mol. The van der Waals surface area contributed by atoms with Gasteiger partial charge in [-0.25, -0.2) is 0 Å². The van der Waals surface area contributed by atoms with Gasteiger partial charge in [-0.15, -0.1) is 12.4 Å². The Balaban J connectivity index is 0.00000210. The number of rotatable bonds is 4. The molecule has 1 aromatic carbocycles. The van der Waals surface area contributed by atoms with Gasteiger partial charge in [0, 0.05) is 36.4 Å².